The molecule has 8 nitrogen and oxygen atoms in total. The summed E-state index contributed by atoms with van der Waals surface area (Å²) in [6.45, 7) is 0.523. The maximum absolute atomic E-state index is 12.2. The van der Waals surface area contributed by atoms with Crippen molar-refractivity contribution in [3.8, 4) is 6.07 Å². The van der Waals surface area contributed by atoms with Gasteiger partial charge in [-0.2, -0.15) is 5.26 Å². The van der Waals surface area contributed by atoms with Crippen molar-refractivity contribution in [2.75, 3.05) is 18.0 Å². The fourth-order valence-electron chi connectivity index (χ4n) is 3.10. The van der Waals surface area contributed by atoms with E-state index in [4.69, 9.17) is 4.74 Å². The van der Waals surface area contributed by atoms with Gasteiger partial charge in [0.2, 0.25) is 0 Å². The Labute approximate surface area is 155 Å². The molecule has 4 rings (SSSR count). The number of hydrogen-bond acceptors (Lipinski definition) is 6. The number of nitrogens with one attached hydrogen (secondary N) is 1. The van der Waals surface area contributed by atoms with Gasteiger partial charge in [-0.3, -0.25) is 14.7 Å². The van der Waals surface area contributed by atoms with Gasteiger partial charge >= 0.3 is 6.09 Å². The highest BCUT2D eigenvalue weighted by atomic mass is 16.6. The van der Waals surface area contributed by atoms with Crippen LogP contribution in [0.4, 0.5) is 10.5 Å². The standard InChI is InChI=1S/C19H17N5O3/c20-12-19(5-6-19)13-1-3-14(4-2-13)24-11-15(27-18(24)26)9-23-17(25)16-10-21-7-8-22-16/h1-4,7-8,10,15H,5-6,9,11H2,(H,23,25). The molecule has 1 saturated carbocycles. The van der Waals surface area contributed by atoms with Crippen molar-refractivity contribution in [1.82, 2.24) is 15.3 Å². The van der Waals surface area contributed by atoms with Gasteiger partial charge in [-0.1, -0.05) is 12.1 Å². The van der Waals surface area contributed by atoms with Crippen molar-refractivity contribution in [1.29, 1.82) is 5.26 Å². The Bertz CT molecular complexity index is 903. The molecule has 2 aromatic rings. The Morgan fingerprint density at radius 3 is 2.74 bits per heavy atom. The smallest absolute Gasteiger partial charge is 0.414 e. The van der Waals surface area contributed by atoms with Gasteiger partial charge in [0.05, 0.1) is 30.8 Å². The lowest BCUT2D eigenvalue weighted by Crippen LogP contribution is -2.35. The molecule has 2 aliphatic rings. The van der Waals surface area contributed by atoms with Gasteiger partial charge in [-0.15, -0.1) is 0 Å². The number of anilines is 1. The number of amides is 2. The summed E-state index contributed by atoms with van der Waals surface area (Å²) in [5.74, 6) is -0.367. The van der Waals surface area contributed by atoms with E-state index in [0.717, 1.165) is 18.4 Å². The number of carbonyl (C=O) groups excluding carboxylic acids is 2. The summed E-state index contributed by atoms with van der Waals surface area (Å²) in [7, 11) is 0. The van der Waals surface area contributed by atoms with Crippen LogP contribution in [0.5, 0.6) is 0 Å². The summed E-state index contributed by atoms with van der Waals surface area (Å²) in [6, 6.07) is 9.80. The first-order chi connectivity index (χ1) is 13.1. The lowest BCUT2D eigenvalue weighted by Gasteiger charge is -2.14. The number of nitriles is 1. The van der Waals surface area contributed by atoms with Crippen LogP contribution in [-0.2, 0) is 10.2 Å². The molecule has 1 unspecified atom stereocenters. The van der Waals surface area contributed by atoms with E-state index in [2.05, 4.69) is 21.4 Å². The fraction of sp³-hybridized carbons (Fsp3) is 0.316. The van der Waals surface area contributed by atoms with E-state index in [9.17, 15) is 14.9 Å². The predicted octanol–water partition coefficient (Wildman–Crippen LogP) is 1.79. The van der Waals surface area contributed by atoms with Crippen LogP contribution in [0.1, 0.15) is 28.9 Å². The first kappa shape index (κ1) is 17.0. The minimum atomic E-state index is -0.456. The molecule has 1 atom stereocenters. The van der Waals surface area contributed by atoms with Crippen LogP contribution < -0.4 is 10.2 Å². The van der Waals surface area contributed by atoms with Gasteiger partial charge in [0.1, 0.15) is 11.8 Å². The van der Waals surface area contributed by atoms with Crippen LogP contribution in [0, 0.1) is 11.3 Å². The first-order valence-corrected chi connectivity index (χ1v) is 8.65. The Balaban J connectivity index is 1.36. The van der Waals surface area contributed by atoms with Crippen molar-refractivity contribution in [2.24, 2.45) is 0 Å². The molecule has 2 fully saturated rings. The topological polar surface area (TPSA) is 108 Å². The van der Waals surface area contributed by atoms with Crippen LogP contribution in [0.25, 0.3) is 0 Å². The lowest BCUT2D eigenvalue weighted by atomic mass is 9.97. The van der Waals surface area contributed by atoms with E-state index in [1.54, 1.807) is 0 Å². The number of cyclic esters (lactones) is 1. The zero-order valence-corrected chi connectivity index (χ0v) is 14.5. The zero-order chi connectivity index (χ0) is 18.9. The number of benzene rings is 1. The normalized spacial score (nSPS) is 19.9. The molecule has 8 heteroatoms. The van der Waals surface area contributed by atoms with Crippen LogP contribution in [0.3, 0.4) is 0 Å². The fourth-order valence-corrected chi connectivity index (χ4v) is 3.10. The highest BCUT2D eigenvalue weighted by Crippen LogP contribution is 2.47. The van der Waals surface area contributed by atoms with Crippen molar-refractivity contribution in [3.05, 3.63) is 54.1 Å². The van der Waals surface area contributed by atoms with Crippen molar-refractivity contribution in [3.63, 3.8) is 0 Å². The summed E-state index contributed by atoms with van der Waals surface area (Å²) in [5.41, 5.74) is 1.55. The molecule has 136 valence electrons. The summed E-state index contributed by atoms with van der Waals surface area (Å²) >= 11 is 0. The third-order valence-corrected chi connectivity index (χ3v) is 4.86. The molecule has 1 aliphatic carbocycles. The molecule has 0 bridgehead atoms. The minimum absolute atomic E-state index is 0.188. The Morgan fingerprint density at radius 2 is 2.11 bits per heavy atom. The molecule has 1 aliphatic heterocycles. The van der Waals surface area contributed by atoms with E-state index in [0.29, 0.717) is 12.2 Å². The third kappa shape index (κ3) is 3.31. The number of aromatic nitrogens is 2. The predicted molar refractivity (Wildman–Crippen MR) is 94.9 cm³/mol. The lowest BCUT2D eigenvalue weighted by molar-refractivity contribution is 0.0911. The molecule has 0 radical (unpaired) electrons. The van der Waals surface area contributed by atoms with E-state index in [-0.39, 0.29) is 23.6 Å². The minimum Gasteiger partial charge on any atom is -0.442 e. The van der Waals surface area contributed by atoms with Crippen LogP contribution in [0.15, 0.2) is 42.9 Å². The van der Waals surface area contributed by atoms with Gasteiger partial charge < -0.3 is 10.1 Å². The molecule has 2 amide bonds. The second-order valence-corrected chi connectivity index (χ2v) is 6.66. The summed E-state index contributed by atoms with van der Waals surface area (Å²) < 4.78 is 5.33. The second-order valence-electron chi connectivity index (χ2n) is 6.66. The molecule has 1 N–H and O–H groups in total. The van der Waals surface area contributed by atoms with Gasteiger partial charge in [0.15, 0.2) is 0 Å². The Hall–Kier alpha value is -3.47. The van der Waals surface area contributed by atoms with Gasteiger partial charge in [0.25, 0.3) is 5.91 Å². The van der Waals surface area contributed by atoms with E-state index >= 15 is 0 Å². The highest BCUT2D eigenvalue weighted by molar-refractivity contribution is 5.92. The van der Waals surface area contributed by atoms with E-state index < -0.39 is 12.2 Å². The van der Waals surface area contributed by atoms with Crippen LogP contribution >= 0.6 is 0 Å². The zero-order valence-electron chi connectivity index (χ0n) is 14.5. The maximum Gasteiger partial charge on any atom is 0.414 e. The molecule has 2 heterocycles. The third-order valence-electron chi connectivity index (χ3n) is 4.86. The number of nitrogens with zero attached hydrogens (tertiary/aromatic N) is 4. The van der Waals surface area contributed by atoms with Gasteiger partial charge in [0, 0.05) is 18.1 Å². The van der Waals surface area contributed by atoms with Crippen LogP contribution in [0.2, 0.25) is 0 Å². The molecular weight excluding hydrogens is 346 g/mol. The Morgan fingerprint density at radius 1 is 1.33 bits per heavy atom. The maximum atomic E-state index is 12.2. The summed E-state index contributed by atoms with van der Waals surface area (Å²) in [5, 5.41) is 12.0. The summed E-state index contributed by atoms with van der Waals surface area (Å²) in [4.78, 5) is 33.5. The second kappa shape index (κ2) is 6.68. The van der Waals surface area contributed by atoms with Crippen LogP contribution in [-0.4, -0.2) is 41.2 Å². The molecule has 1 aromatic carbocycles. The van der Waals surface area contributed by atoms with Crippen molar-refractivity contribution in [2.45, 2.75) is 24.4 Å². The van der Waals surface area contributed by atoms with Gasteiger partial charge in [-0.25, -0.2) is 9.78 Å². The number of rotatable bonds is 5. The Kier molecular flexibility index (Phi) is 4.20. The number of ether oxygens (including phenoxy) is 1. The average Bonchev–Trinajstić information content (AvgIpc) is 3.43. The van der Waals surface area contributed by atoms with Crippen molar-refractivity contribution < 1.29 is 14.3 Å². The molecular formula is C19H17N5O3. The monoisotopic (exact) mass is 363 g/mol. The SMILES string of the molecule is N#CC1(c2ccc(N3CC(CNC(=O)c4cnccn4)OC3=O)cc2)CC1. The van der Waals surface area contributed by atoms with Gasteiger partial charge in [-0.05, 0) is 30.5 Å². The molecule has 1 aromatic heterocycles. The quantitative estimate of drug-likeness (QED) is 0.867. The number of carbonyl (C=O) groups is 2. The summed E-state index contributed by atoms with van der Waals surface area (Å²) in [6.07, 6.45) is 5.14. The molecule has 1 saturated heterocycles. The molecule has 0 spiro atoms. The van der Waals surface area contributed by atoms with E-state index in [1.165, 1.54) is 23.5 Å². The van der Waals surface area contributed by atoms with E-state index in [1.807, 2.05) is 24.3 Å². The number of hydrogen-bond donors (Lipinski definition) is 1. The first-order valence-electron chi connectivity index (χ1n) is 8.65. The highest BCUT2D eigenvalue weighted by Gasteiger charge is 2.45. The average molecular weight is 363 g/mol. The van der Waals surface area contributed by atoms with Crippen molar-refractivity contribution >= 4 is 17.7 Å². The molecule has 27 heavy (non-hydrogen) atoms. The largest absolute Gasteiger partial charge is 0.442 e.